The van der Waals surface area contributed by atoms with Crippen molar-refractivity contribution in [2.24, 2.45) is 0 Å². The fourth-order valence-electron chi connectivity index (χ4n) is 3.17. The van der Waals surface area contributed by atoms with Crippen molar-refractivity contribution in [2.75, 3.05) is 7.11 Å². The van der Waals surface area contributed by atoms with E-state index >= 15 is 0 Å². The van der Waals surface area contributed by atoms with Gasteiger partial charge in [0.2, 0.25) is 0 Å². The van der Waals surface area contributed by atoms with Crippen molar-refractivity contribution < 1.29 is 24.4 Å². The molecule has 0 aliphatic heterocycles. The number of carbonyl (C=O) groups is 2. The van der Waals surface area contributed by atoms with Gasteiger partial charge in [-0.05, 0) is 42.9 Å². The molecular formula is C20H24BNO5. The number of aryl methyl sites for hydroxylation is 3. The van der Waals surface area contributed by atoms with Crippen molar-refractivity contribution in [1.82, 2.24) is 5.32 Å². The van der Waals surface area contributed by atoms with Crippen LogP contribution in [0.4, 0.5) is 0 Å². The maximum absolute atomic E-state index is 12.8. The molecule has 0 fully saturated rings. The average molecular weight is 369 g/mol. The Balaban J connectivity index is 2.22. The molecule has 0 radical (unpaired) electrons. The summed E-state index contributed by atoms with van der Waals surface area (Å²) in [6.07, 6.45) is 0.226. The van der Waals surface area contributed by atoms with Gasteiger partial charge < -0.3 is 20.1 Å². The molecule has 0 saturated heterocycles. The van der Waals surface area contributed by atoms with Crippen molar-refractivity contribution >= 4 is 24.5 Å². The molecule has 2 rings (SSSR count). The Morgan fingerprint density at radius 2 is 1.63 bits per heavy atom. The fourth-order valence-corrected chi connectivity index (χ4v) is 3.17. The van der Waals surface area contributed by atoms with Crippen molar-refractivity contribution in [3.8, 4) is 0 Å². The third-order valence-corrected chi connectivity index (χ3v) is 4.41. The van der Waals surface area contributed by atoms with Crippen LogP contribution in [-0.2, 0) is 16.0 Å². The van der Waals surface area contributed by atoms with Crippen molar-refractivity contribution in [2.45, 2.75) is 33.2 Å². The summed E-state index contributed by atoms with van der Waals surface area (Å²) >= 11 is 0. The van der Waals surface area contributed by atoms with E-state index in [1.54, 1.807) is 24.3 Å². The monoisotopic (exact) mass is 369 g/mol. The molecule has 7 heteroatoms. The van der Waals surface area contributed by atoms with E-state index in [2.05, 4.69) is 5.32 Å². The van der Waals surface area contributed by atoms with Crippen LogP contribution in [0.1, 0.15) is 32.6 Å². The van der Waals surface area contributed by atoms with E-state index in [9.17, 15) is 9.59 Å². The zero-order valence-corrected chi connectivity index (χ0v) is 15.9. The lowest BCUT2D eigenvalue weighted by molar-refractivity contribution is -0.142. The Hall–Kier alpha value is -2.64. The Morgan fingerprint density at radius 1 is 1.07 bits per heavy atom. The zero-order valence-electron chi connectivity index (χ0n) is 15.9. The predicted octanol–water partition coefficient (Wildman–Crippen LogP) is 0.806. The van der Waals surface area contributed by atoms with Gasteiger partial charge in [-0.3, -0.25) is 4.79 Å². The molecule has 2 aromatic rings. The number of nitrogens with one attached hydrogen (secondary N) is 1. The molecule has 6 nitrogen and oxygen atoms in total. The van der Waals surface area contributed by atoms with Crippen LogP contribution in [0.5, 0.6) is 0 Å². The van der Waals surface area contributed by atoms with Gasteiger partial charge >= 0.3 is 13.1 Å². The SMILES string of the molecule is COC(=O)[C@H](Cc1ccc(B(O)O)cc1)NC(=O)c1c(C)cc(C)cc1C. The Labute approximate surface area is 159 Å². The Kier molecular flexibility index (Phi) is 6.77. The van der Waals surface area contributed by atoms with Crippen molar-refractivity contribution in [1.29, 1.82) is 0 Å². The van der Waals surface area contributed by atoms with Crippen LogP contribution >= 0.6 is 0 Å². The van der Waals surface area contributed by atoms with E-state index < -0.39 is 19.1 Å². The zero-order chi connectivity index (χ0) is 20.1. The molecule has 1 atom stereocenters. The van der Waals surface area contributed by atoms with Gasteiger partial charge in [0.05, 0.1) is 7.11 Å². The number of carbonyl (C=O) groups excluding carboxylic acids is 2. The van der Waals surface area contributed by atoms with Crippen LogP contribution in [0.2, 0.25) is 0 Å². The molecule has 0 heterocycles. The molecule has 0 aromatic heterocycles. The standard InChI is InChI=1S/C20H24BNO5/c1-12-9-13(2)18(14(3)10-12)19(23)22-17(20(24)27-4)11-15-5-7-16(8-6-15)21(25)26/h5-10,17,25-26H,11H2,1-4H3,(H,22,23)/t17-/m0/s1. The first-order chi connectivity index (χ1) is 12.7. The molecule has 0 aliphatic carbocycles. The van der Waals surface area contributed by atoms with E-state index in [0.717, 1.165) is 22.3 Å². The number of benzene rings is 2. The highest BCUT2D eigenvalue weighted by Crippen LogP contribution is 2.17. The van der Waals surface area contributed by atoms with Gasteiger partial charge in [0, 0.05) is 12.0 Å². The minimum atomic E-state index is -1.55. The maximum atomic E-state index is 12.8. The largest absolute Gasteiger partial charge is 0.488 e. The summed E-state index contributed by atoms with van der Waals surface area (Å²) in [5, 5.41) is 21.1. The topological polar surface area (TPSA) is 95.9 Å². The van der Waals surface area contributed by atoms with E-state index in [1.807, 2.05) is 32.9 Å². The lowest BCUT2D eigenvalue weighted by Crippen LogP contribution is -2.43. The summed E-state index contributed by atoms with van der Waals surface area (Å²) in [6, 6.07) is 9.47. The number of amides is 1. The fraction of sp³-hybridized carbons (Fsp3) is 0.300. The highest BCUT2D eigenvalue weighted by molar-refractivity contribution is 6.58. The van der Waals surface area contributed by atoms with Gasteiger partial charge in [-0.1, -0.05) is 42.0 Å². The number of rotatable bonds is 6. The highest BCUT2D eigenvalue weighted by atomic mass is 16.5. The summed E-state index contributed by atoms with van der Waals surface area (Å²) < 4.78 is 4.83. The van der Waals surface area contributed by atoms with E-state index in [0.29, 0.717) is 11.0 Å². The second-order valence-corrected chi connectivity index (χ2v) is 6.64. The molecule has 142 valence electrons. The highest BCUT2D eigenvalue weighted by Gasteiger charge is 2.24. The lowest BCUT2D eigenvalue weighted by atomic mass is 9.80. The Morgan fingerprint density at radius 3 is 2.11 bits per heavy atom. The van der Waals surface area contributed by atoms with Crippen LogP contribution in [0.25, 0.3) is 0 Å². The van der Waals surface area contributed by atoms with Crippen LogP contribution in [0, 0.1) is 20.8 Å². The molecule has 0 saturated carbocycles. The van der Waals surface area contributed by atoms with Gasteiger partial charge in [-0.25, -0.2) is 4.79 Å². The van der Waals surface area contributed by atoms with Gasteiger partial charge in [-0.15, -0.1) is 0 Å². The van der Waals surface area contributed by atoms with E-state index in [-0.39, 0.29) is 12.3 Å². The minimum absolute atomic E-state index is 0.226. The number of hydrogen-bond donors (Lipinski definition) is 3. The molecule has 3 N–H and O–H groups in total. The smallest absolute Gasteiger partial charge is 0.467 e. The summed E-state index contributed by atoms with van der Waals surface area (Å²) in [6.45, 7) is 5.69. The van der Waals surface area contributed by atoms with Crippen LogP contribution < -0.4 is 10.8 Å². The van der Waals surface area contributed by atoms with Gasteiger partial charge in [0.15, 0.2) is 0 Å². The molecule has 0 spiro atoms. The first-order valence-corrected chi connectivity index (χ1v) is 8.64. The summed E-state index contributed by atoms with van der Waals surface area (Å²) in [5.41, 5.74) is 4.41. The number of methoxy groups -OCH3 is 1. The lowest BCUT2D eigenvalue weighted by Gasteiger charge is -2.19. The molecule has 27 heavy (non-hydrogen) atoms. The summed E-state index contributed by atoms with van der Waals surface area (Å²) in [7, 11) is -0.280. The number of ether oxygens (including phenoxy) is 1. The summed E-state index contributed by atoms with van der Waals surface area (Å²) in [5.74, 6) is -0.875. The average Bonchev–Trinajstić information content (AvgIpc) is 2.60. The Bertz CT molecular complexity index is 810. The van der Waals surface area contributed by atoms with Crippen LogP contribution in [0.3, 0.4) is 0 Å². The second-order valence-electron chi connectivity index (χ2n) is 6.64. The van der Waals surface area contributed by atoms with Crippen molar-refractivity contribution in [3.05, 3.63) is 64.2 Å². The van der Waals surface area contributed by atoms with Crippen LogP contribution in [0.15, 0.2) is 36.4 Å². The molecule has 0 bridgehead atoms. The third kappa shape index (κ3) is 5.18. The van der Waals surface area contributed by atoms with Crippen molar-refractivity contribution in [3.63, 3.8) is 0 Å². The quantitative estimate of drug-likeness (QED) is 0.517. The molecule has 0 unspecified atom stereocenters. The molecular weight excluding hydrogens is 345 g/mol. The summed E-state index contributed by atoms with van der Waals surface area (Å²) in [4.78, 5) is 24.9. The molecule has 2 aromatic carbocycles. The normalized spacial score (nSPS) is 11.6. The number of esters is 1. The first-order valence-electron chi connectivity index (χ1n) is 8.64. The first kappa shape index (κ1) is 20.7. The van der Waals surface area contributed by atoms with Gasteiger partial charge in [-0.2, -0.15) is 0 Å². The maximum Gasteiger partial charge on any atom is 0.488 e. The number of hydrogen-bond acceptors (Lipinski definition) is 5. The van der Waals surface area contributed by atoms with E-state index in [4.69, 9.17) is 14.8 Å². The van der Waals surface area contributed by atoms with Crippen LogP contribution in [-0.4, -0.2) is 42.2 Å². The minimum Gasteiger partial charge on any atom is -0.467 e. The second kappa shape index (κ2) is 8.84. The van der Waals surface area contributed by atoms with Gasteiger partial charge in [0.1, 0.15) is 6.04 Å². The molecule has 1 amide bonds. The van der Waals surface area contributed by atoms with E-state index in [1.165, 1.54) is 7.11 Å². The third-order valence-electron chi connectivity index (χ3n) is 4.41. The van der Waals surface area contributed by atoms with Gasteiger partial charge in [0.25, 0.3) is 5.91 Å². The molecule has 0 aliphatic rings. The predicted molar refractivity (Wildman–Crippen MR) is 104 cm³/mol.